The molecule has 18 heavy (non-hydrogen) atoms. The van der Waals surface area contributed by atoms with Crippen LogP contribution in [0.3, 0.4) is 0 Å². The summed E-state index contributed by atoms with van der Waals surface area (Å²) in [6.07, 6.45) is 1.69. The van der Waals surface area contributed by atoms with E-state index in [9.17, 15) is 0 Å². The van der Waals surface area contributed by atoms with Crippen molar-refractivity contribution in [3.63, 3.8) is 0 Å². The summed E-state index contributed by atoms with van der Waals surface area (Å²) in [5, 5.41) is 3.91. The Morgan fingerprint density at radius 3 is 2.61 bits per heavy atom. The molecule has 0 aromatic carbocycles. The molecule has 2 heterocycles. The van der Waals surface area contributed by atoms with Crippen molar-refractivity contribution in [3.05, 3.63) is 28.7 Å². The van der Waals surface area contributed by atoms with Crippen molar-refractivity contribution in [2.24, 2.45) is 11.1 Å². The van der Waals surface area contributed by atoms with Crippen molar-refractivity contribution >= 4 is 15.9 Å². The highest BCUT2D eigenvalue weighted by Crippen LogP contribution is 2.30. The van der Waals surface area contributed by atoms with E-state index in [4.69, 9.17) is 10.3 Å². The van der Waals surface area contributed by atoms with Gasteiger partial charge in [-0.3, -0.25) is 4.98 Å². The van der Waals surface area contributed by atoms with Gasteiger partial charge < -0.3 is 10.3 Å². The lowest BCUT2D eigenvalue weighted by atomic mass is 9.87. The summed E-state index contributed by atoms with van der Waals surface area (Å²) in [6.45, 7) is 6.08. The third-order valence-corrected chi connectivity index (χ3v) is 3.07. The Bertz CT molecular complexity index is 530. The van der Waals surface area contributed by atoms with Crippen molar-refractivity contribution in [1.29, 1.82) is 0 Å². The van der Waals surface area contributed by atoms with Crippen LogP contribution in [0.1, 0.15) is 32.7 Å². The van der Waals surface area contributed by atoms with Gasteiger partial charge in [0.05, 0.1) is 6.04 Å². The summed E-state index contributed by atoms with van der Waals surface area (Å²) in [7, 11) is 0. The second-order valence-electron chi connectivity index (χ2n) is 5.16. The van der Waals surface area contributed by atoms with Crippen LogP contribution in [0.4, 0.5) is 0 Å². The first-order valence-corrected chi connectivity index (χ1v) is 6.38. The Hall–Kier alpha value is -1.27. The van der Waals surface area contributed by atoms with Gasteiger partial charge in [0.1, 0.15) is 5.69 Å². The number of nitrogens with two attached hydrogens (primary N) is 1. The number of aromatic nitrogens is 3. The number of nitrogens with zero attached hydrogens (tertiary/aromatic N) is 3. The summed E-state index contributed by atoms with van der Waals surface area (Å²) in [6, 6.07) is 3.40. The molecule has 5 nitrogen and oxygen atoms in total. The van der Waals surface area contributed by atoms with E-state index in [2.05, 4.69) is 31.1 Å². The molecule has 0 aliphatic carbocycles. The first-order chi connectivity index (χ1) is 8.38. The minimum Gasteiger partial charge on any atom is -0.337 e. The molecule has 0 unspecified atom stereocenters. The van der Waals surface area contributed by atoms with Crippen molar-refractivity contribution in [2.45, 2.75) is 26.8 Å². The Balaban J connectivity index is 2.28. The lowest BCUT2D eigenvalue weighted by molar-refractivity contribution is 0.253. The van der Waals surface area contributed by atoms with Crippen LogP contribution in [0.2, 0.25) is 0 Å². The fraction of sp³-hybridized carbons (Fsp3) is 0.417. The molecular formula is C12H15BrN4O. The van der Waals surface area contributed by atoms with Gasteiger partial charge >= 0.3 is 0 Å². The quantitative estimate of drug-likeness (QED) is 0.922. The third-order valence-electron chi connectivity index (χ3n) is 2.60. The molecule has 1 atom stereocenters. The molecule has 2 aromatic rings. The highest BCUT2D eigenvalue weighted by atomic mass is 79.9. The van der Waals surface area contributed by atoms with Crippen LogP contribution in [0.5, 0.6) is 0 Å². The largest absolute Gasteiger partial charge is 0.337 e. The van der Waals surface area contributed by atoms with Crippen LogP contribution in [0, 0.1) is 5.41 Å². The molecular weight excluding hydrogens is 296 g/mol. The van der Waals surface area contributed by atoms with Gasteiger partial charge in [0.15, 0.2) is 0 Å². The first kappa shape index (κ1) is 13.2. The second-order valence-corrected chi connectivity index (χ2v) is 6.08. The lowest BCUT2D eigenvalue weighted by Gasteiger charge is -2.23. The lowest BCUT2D eigenvalue weighted by Crippen LogP contribution is -2.26. The van der Waals surface area contributed by atoms with Gasteiger partial charge in [-0.05, 0) is 33.5 Å². The van der Waals surface area contributed by atoms with E-state index in [0.717, 1.165) is 4.47 Å². The van der Waals surface area contributed by atoms with E-state index in [0.29, 0.717) is 17.4 Å². The fourth-order valence-electron chi connectivity index (χ4n) is 1.34. The van der Waals surface area contributed by atoms with E-state index in [1.165, 1.54) is 0 Å². The molecule has 0 saturated heterocycles. The molecule has 96 valence electrons. The van der Waals surface area contributed by atoms with Crippen LogP contribution >= 0.6 is 15.9 Å². The average molecular weight is 311 g/mol. The minimum atomic E-state index is -0.297. The molecule has 2 N–H and O–H groups in total. The van der Waals surface area contributed by atoms with Gasteiger partial charge in [-0.1, -0.05) is 25.9 Å². The molecule has 0 radical (unpaired) electrons. The molecule has 0 bridgehead atoms. The molecule has 6 heteroatoms. The van der Waals surface area contributed by atoms with Gasteiger partial charge in [0.25, 0.3) is 0 Å². The van der Waals surface area contributed by atoms with Gasteiger partial charge in [0, 0.05) is 10.7 Å². The first-order valence-electron chi connectivity index (χ1n) is 5.59. The number of pyridine rings is 1. The van der Waals surface area contributed by atoms with Gasteiger partial charge in [0.2, 0.25) is 11.7 Å². The van der Waals surface area contributed by atoms with Crippen LogP contribution in [-0.2, 0) is 0 Å². The molecule has 2 rings (SSSR count). The maximum atomic E-state index is 6.06. The summed E-state index contributed by atoms with van der Waals surface area (Å²) in [5.41, 5.74) is 6.60. The smallest absolute Gasteiger partial charge is 0.244 e. The summed E-state index contributed by atoms with van der Waals surface area (Å²) in [5.74, 6) is 0.888. The Morgan fingerprint density at radius 2 is 2.06 bits per heavy atom. The zero-order chi connectivity index (χ0) is 13.3. The van der Waals surface area contributed by atoms with Gasteiger partial charge in [-0.15, -0.1) is 0 Å². The molecule has 0 fully saturated rings. The van der Waals surface area contributed by atoms with Crippen LogP contribution in [0.25, 0.3) is 11.5 Å². The molecule has 0 aliphatic heterocycles. The van der Waals surface area contributed by atoms with Crippen LogP contribution in [0.15, 0.2) is 27.3 Å². The SMILES string of the molecule is CC(C)(C)[C@@H](N)c1nc(-c2ccc(Br)cn2)no1. The Labute approximate surface area is 114 Å². The second kappa shape index (κ2) is 4.78. The molecule has 0 saturated carbocycles. The van der Waals surface area contributed by atoms with Crippen molar-refractivity contribution in [1.82, 2.24) is 15.1 Å². The third kappa shape index (κ3) is 2.76. The fourth-order valence-corrected chi connectivity index (χ4v) is 1.58. The summed E-state index contributed by atoms with van der Waals surface area (Å²) < 4.78 is 6.10. The Kier molecular flexibility index (Phi) is 3.49. The molecule has 0 amide bonds. The average Bonchev–Trinajstić information content (AvgIpc) is 2.77. The van der Waals surface area contributed by atoms with Crippen molar-refractivity contribution in [3.8, 4) is 11.5 Å². The normalized spacial score (nSPS) is 13.6. The van der Waals surface area contributed by atoms with E-state index >= 15 is 0 Å². The maximum Gasteiger partial charge on any atom is 0.244 e. The molecule has 2 aromatic heterocycles. The maximum absolute atomic E-state index is 6.06. The predicted octanol–water partition coefficient (Wildman–Crippen LogP) is 2.94. The molecule has 0 spiro atoms. The molecule has 0 aliphatic rings. The van der Waals surface area contributed by atoms with E-state index in [-0.39, 0.29) is 11.5 Å². The Morgan fingerprint density at radius 1 is 1.33 bits per heavy atom. The number of hydrogen-bond acceptors (Lipinski definition) is 5. The van der Waals surface area contributed by atoms with Crippen LogP contribution < -0.4 is 5.73 Å². The zero-order valence-electron chi connectivity index (χ0n) is 10.5. The summed E-state index contributed by atoms with van der Waals surface area (Å²) >= 11 is 3.33. The van der Waals surface area contributed by atoms with E-state index in [1.54, 1.807) is 6.20 Å². The van der Waals surface area contributed by atoms with Crippen molar-refractivity contribution in [2.75, 3.05) is 0 Å². The standard InChI is InChI=1S/C12H15BrN4O/c1-12(2,3)9(14)11-16-10(17-18-11)8-5-4-7(13)6-15-8/h4-6,9H,14H2,1-3H3/t9-/m0/s1. The highest BCUT2D eigenvalue weighted by molar-refractivity contribution is 9.10. The monoisotopic (exact) mass is 310 g/mol. The summed E-state index contributed by atoms with van der Waals surface area (Å²) in [4.78, 5) is 8.51. The van der Waals surface area contributed by atoms with Crippen molar-refractivity contribution < 1.29 is 4.52 Å². The number of halogens is 1. The predicted molar refractivity (Wildman–Crippen MR) is 71.6 cm³/mol. The van der Waals surface area contributed by atoms with Gasteiger partial charge in [-0.2, -0.15) is 4.98 Å². The topological polar surface area (TPSA) is 77.8 Å². The minimum absolute atomic E-state index is 0.128. The van der Waals surface area contributed by atoms with E-state index in [1.807, 2.05) is 32.9 Å². The van der Waals surface area contributed by atoms with Crippen LogP contribution in [-0.4, -0.2) is 15.1 Å². The zero-order valence-corrected chi connectivity index (χ0v) is 12.1. The van der Waals surface area contributed by atoms with E-state index < -0.39 is 0 Å². The number of hydrogen-bond donors (Lipinski definition) is 1. The van der Waals surface area contributed by atoms with Gasteiger partial charge in [-0.25, -0.2) is 0 Å². The number of rotatable bonds is 2. The highest BCUT2D eigenvalue weighted by Gasteiger charge is 2.27.